The van der Waals surface area contributed by atoms with Gasteiger partial charge in [0, 0.05) is 18.7 Å². The highest BCUT2D eigenvalue weighted by Crippen LogP contribution is 2.37. The number of carbonyl (C=O) groups is 1. The quantitative estimate of drug-likeness (QED) is 0.686. The molecule has 5 heteroatoms. The van der Waals surface area contributed by atoms with Crippen molar-refractivity contribution >= 4 is 5.97 Å². The molecule has 1 aromatic heterocycles. The summed E-state index contributed by atoms with van der Waals surface area (Å²) in [7, 11) is 1.68. The van der Waals surface area contributed by atoms with E-state index in [1.807, 2.05) is 31.3 Å². The van der Waals surface area contributed by atoms with E-state index < -0.39 is 0 Å². The smallest absolute Gasteiger partial charge is 0.305 e. The minimum absolute atomic E-state index is 0.115. The van der Waals surface area contributed by atoms with Crippen LogP contribution in [0.25, 0.3) is 0 Å². The molecule has 5 nitrogen and oxygen atoms in total. The SMILES string of the molecule is CCOC(=O)CC[C@@H]1CCc2cccnc2[C@@H]1N[C@H](C)c1ccc(OC)cc1. The first-order valence-corrected chi connectivity index (χ1v) is 10.1. The lowest BCUT2D eigenvalue weighted by Crippen LogP contribution is -2.35. The number of pyridine rings is 1. The van der Waals surface area contributed by atoms with Gasteiger partial charge in [0.2, 0.25) is 0 Å². The van der Waals surface area contributed by atoms with E-state index in [9.17, 15) is 4.79 Å². The normalized spacial score (nSPS) is 19.5. The second-order valence-electron chi connectivity index (χ2n) is 7.33. The van der Waals surface area contributed by atoms with E-state index in [1.54, 1.807) is 7.11 Å². The van der Waals surface area contributed by atoms with Crippen LogP contribution in [0.2, 0.25) is 0 Å². The Hall–Kier alpha value is -2.40. The Balaban J connectivity index is 1.76. The third-order valence-electron chi connectivity index (χ3n) is 5.55. The minimum Gasteiger partial charge on any atom is -0.497 e. The van der Waals surface area contributed by atoms with E-state index >= 15 is 0 Å². The summed E-state index contributed by atoms with van der Waals surface area (Å²) < 4.78 is 10.4. The fourth-order valence-electron chi connectivity index (χ4n) is 3.99. The maximum atomic E-state index is 11.9. The molecular formula is C23H30N2O3. The number of ether oxygens (including phenoxy) is 2. The number of aryl methyl sites for hydroxylation is 1. The highest BCUT2D eigenvalue weighted by atomic mass is 16.5. The molecule has 0 unspecified atom stereocenters. The lowest BCUT2D eigenvalue weighted by atomic mass is 9.79. The molecule has 0 aliphatic heterocycles. The molecule has 1 aromatic carbocycles. The van der Waals surface area contributed by atoms with E-state index in [2.05, 4.69) is 35.4 Å². The van der Waals surface area contributed by atoms with Gasteiger partial charge in [0.15, 0.2) is 0 Å². The van der Waals surface area contributed by atoms with Crippen LogP contribution in [0.5, 0.6) is 5.75 Å². The Morgan fingerprint density at radius 2 is 2.07 bits per heavy atom. The second-order valence-corrected chi connectivity index (χ2v) is 7.33. The number of aromatic nitrogens is 1. The van der Waals surface area contributed by atoms with Crippen LogP contribution in [0.4, 0.5) is 0 Å². The van der Waals surface area contributed by atoms with Crippen LogP contribution < -0.4 is 10.1 Å². The molecule has 28 heavy (non-hydrogen) atoms. The standard InChI is InChI=1S/C23H30N2O3/c1-4-28-21(26)14-11-19-8-7-18-6-5-15-24-22(18)23(19)25-16(2)17-9-12-20(27-3)13-10-17/h5-6,9-10,12-13,15-16,19,23,25H,4,7-8,11,14H2,1-3H3/t16-,19+,23-/m1/s1. The molecule has 1 N–H and O–H groups in total. The largest absolute Gasteiger partial charge is 0.497 e. The van der Waals surface area contributed by atoms with Gasteiger partial charge >= 0.3 is 5.97 Å². The summed E-state index contributed by atoms with van der Waals surface area (Å²) in [5.41, 5.74) is 3.62. The van der Waals surface area contributed by atoms with E-state index in [-0.39, 0.29) is 18.1 Å². The minimum atomic E-state index is -0.115. The molecule has 0 spiro atoms. The predicted molar refractivity (Wildman–Crippen MR) is 109 cm³/mol. The van der Waals surface area contributed by atoms with Gasteiger partial charge in [-0.3, -0.25) is 9.78 Å². The number of fused-ring (bicyclic) bond motifs is 1. The first-order valence-electron chi connectivity index (χ1n) is 10.1. The monoisotopic (exact) mass is 382 g/mol. The van der Waals surface area contributed by atoms with E-state index in [0.29, 0.717) is 18.9 Å². The van der Waals surface area contributed by atoms with Gasteiger partial charge in [-0.2, -0.15) is 0 Å². The lowest BCUT2D eigenvalue weighted by Gasteiger charge is -2.35. The molecule has 0 radical (unpaired) electrons. The Morgan fingerprint density at radius 3 is 2.79 bits per heavy atom. The van der Waals surface area contributed by atoms with Crippen molar-refractivity contribution in [3.05, 3.63) is 59.4 Å². The van der Waals surface area contributed by atoms with Gasteiger partial charge < -0.3 is 14.8 Å². The van der Waals surface area contributed by atoms with Crippen LogP contribution >= 0.6 is 0 Å². The first-order chi connectivity index (χ1) is 13.6. The molecule has 1 aliphatic carbocycles. The summed E-state index contributed by atoms with van der Waals surface area (Å²) in [5, 5.41) is 3.78. The number of benzene rings is 1. The van der Waals surface area contributed by atoms with Gasteiger partial charge in [0.05, 0.1) is 25.5 Å². The van der Waals surface area contributed by atoms with Crippen molar-refractivity contribution in [3.8, 4) is 5.75 Å². The number of hydrogen-bond donors (Lipinski definition) is 1. The maximum Gasteiger partial charge on any atom is 0.305 e. The Labute approximate surface area is 167 Å². The van der Waals surface area contributed by atoms with Gasteiger partial charge in [-0.25, -0.2) is 0 Å². The number of nitrogens with zero attached hydrogens (tertiary/aromatic N) is 1. The summed E-state index contributed by atoms with van der Waals surface area (Å²) in [6.45, 7) is 4.45. The fourth-order valence-corrected chi connectivity index (χ4v) is 3.99. The van der Waals surface area contributed by atoms with Crippen molar-refractivity contribution in [2.75, 3.05) is 13.7 Å². The molecule has 0 amide bonds. The molecule has 0 bridgehead atoms. The molecule has 0 saturated heterocycles. The van der Waals surface area contributed by atoms with Crippen LogP contribution in [0.15, 0.2) is 42.6 Å². The Bertz CT molecular complexity index is 776. The van der Waals surface area contributed by atoms with Crippen molar-refractivity contribution < 1.29 is 14.3 Å². The van der Waals surface area contributed by atoms with Gasteiger partial charge in [-0.05, 0) is 68.4 Å². The highest BCUT2D eigenvalue weighted by Gasteiger charge is 2.32. The molecule has 0 fully saturated rings. The van der Waals surface area contributed by atoms with Crippen LogP contribution in [0, 0.1) is 5.92 Å². The number of esters is 1. The third-order valence-corrected chi connectivity index (χ3v) is 5.55. The van der Waals surface area contributed by atoms with Crippen molar-refractivity contribution in [1.82, 2.24) is 10.3 Å². The zero-order valence-electron chi connectivity index (χ0n) is 17.0. The molecule has 2 aromatic rings. The summed E-state index contributed by atoms with van der Waals surface area (Å²) in [4.78, 5) is 16.6. The number of carbonyl (C=O) groups excluding carboxylic acids is 1. The van der Waals surface area contributed by atoms with E-state index in [0.717, 1.165) is 30.7 Å². The predicted octanol–water partition coefficient (Wildman–Crippen LogP) is 4.39. The summed E-state index contributed by atoms with van der Waals surface area (Å²) in [5.74, 6) is 1.09. The van der Waals surface area contributed by atoms with E-state index in [1.165, 1.54) is 11.1 Å². The Kier molecular flexibility index (Phi) is 7.04. The average molecular weight is 383 g/mol. The van der Waals surface area contributed by atoms with Crippen LogP contribution in [0.1, 0.15) is 62.0 Å². The number of nitrogens with one attached hydrogen (secondary N) is 1. The topological polar surface area (TPSA) is 60.5 Å². The van der Waals surface area contributed by atoms with Crippen molar-refractivity contribution in [1.29, 1.82) is 0 Å². The number of hydrogen-bond acceptors (Lipinski definition) is 5. The molecular weight excluding hydrogens is 352 g/mol. The van der Waals surface area contributed by atoms with Crippen molar-refractivity contribution in [3.63, 3.8) is 0 Å². The number of rotatable bonds is 8. The molecule has 1 aliphatic rings. The van der Waals surface area contributed by atoms with Gasteiger partial charge in [0.1, 0.15) is 5.75 Å². The molecule has 1 heterocycles. The third kappa shape index (κ3) is 4.90. The highest BCUT2D eigenvalue weighted by molar-refractivity contribution is 5.69. The summed E-state index contributed by atoms with van der Waals surface area (Å²) >= 11 is 0. The van der Waals surface area contributed by atoms with Crippen LogP contribution in [0.3, 0.4) is 0 Å². The van der Waals surface area contributed by atoms with Crippen molar-refractivity contribution in [2.45, 2.75) is 51.6 Å². The maximum absolute atomic E-state index is 11.9. The zero-order valence-corrected chi connectivity index (χ0v) is 17.0. The molecule has 0 saturated carbocycles. The molecule has 3 rings (SSSR count). The van der Waals surface area contributed by atoms with E-state index in [4.69, 9.17) is 9.47 Å². The number of methoxy groups -OCH3 is 1. The first kappa shape index (κ1) is 20.3. The fraction of sp³-hybridized carbons (Fsp3) is 0.478. The Morgan fingerprint density at radius 1 is 1.29 bits per heavy atom. The van der Waals surface area contributed by atoms with Crippen LogP contribution in [-0.2, 0) is 16.0 Å². The second kappa shape index (κ2) is 9.69. The summed E-state index contributed by atoms with van der Waals surface area (Å²) in [6.07, 6.45) is 5.17. The molecule has 150 valence electrons. The lowest BCUT2D eigenvalue weighted by molar-refractivity contribution is -0.143. The van der Waals surface area contributed by atoms with Gasteiger partial charge in [-0.15, -0.1) is 0 Å². The van der Waals surface area contributed by atoms with Gasteiger partial charge in [-0.1, -0.05) is 18.2 Å². The zero-order chi connectivity index (χ0) is 19.9. The van der Waals surface area contributed by atoms with Crippen LogP contribution in [-0.4, -0.2) is 24.7 Å². The van der Waals surface area contributed by atoms with Gasteiger partial charge in [0.25, 0.3) is 0 Å². The molecule has 3 atom stereocenters. The summed E-state index contributed by atoms with van der Waals surface area (Å²) in [6, 6.07) is 12.6. The van der Waals surface area contributed by atoms with Crippen molar-refractivity contribution in [2.24, 2.45) is 5.92 Å². The average Bonchev–Trinajstić information content (AvgIpc) is 2.73.